The predicted octanol–water partition coefficient (Wildman–Crippen LogP) is 1.99. The van der Waals surface area contributed by atoms with E-state index >= 15 is 0 Å². The highest BCUT2D eigenvalue weighted by molar-refractivity contribution is 5.79. The maximum Gasteiger partial charge on any atom is 0.325 e. The van der Waals surface area contributed by atoms with Crippen LogP contribution in [-0.2, 0) is 11.2 Å². The Bertz CT molecular complexity index is 982. The summed E-state index contributed by atoms with van der Waals surface area (Å²) >= 11 is 0. The highest BCUT2D eigenvalue weighted by Gasteiger charge is 2.43. The number of fused-ring (bicyclic) bond motifs is 2. The van der Waals surface area contributed by atoms with Crippen LogP contribution in [-0.4, -0.2) is 32.9 Å². The summed E-state index contributed by atoms with van der Waals surface area (Å²) in [5.41, 5.74) is 0.962. The maximum atomic E-state index is 13.6. The SMILES string of the molecule is Cc1cc(C2C[C@H]3CC[C@@H](C2)N3C(=O)Cc2c[nH]c(=O)[nH]c2=O)ccc1F. The van der Waals surface area contributed by atoms with E-state index < -0.39 is 11.2 Å². The molecule has 2 aromatic rings. The van der Waals surface area contributed by atoms with Crippen LogP contribution in [0, 0.1) is 12.7 Å². The van der Waals surface area contributed by atoms with Gasteiger partial charge in [0.1, 0.15) is 5.82 Å². The Morgan fingerprint density at radius 3 is 2.56 bits per heavy atom. The standard InChI is InChI=1S/C20H22FN3O3/c1-11-6-12(2-5-17(11)21)13-7-15-3-4-16(8-13)24(15)18(25)9-14-10-22-20(27)23-19(14)26/h2,5-6,10,13,15-16H,3-4,7-9H2,1H3,(H2,22,23,26,27)/t13?,15-,16+. The number of hydrogen-bond acceptors (Lipinski definition) is 3. The number of amides is 1. The van der Waals surface area contributed by atoms with Crippen molar-refractivity contribution in [3.8, 4) is 0 Å². The number of benzene rings is 1. The van der Waals surface area contributed by atoms with Crippen molar-refractivity contribution in [2.24, 2.45) is 0 Å². The number of H-pyrrole nitrogens is 2. The van der Waals surface area contributed by atoms with Gasteiger partial charge < -0.3 is 9.88 Å². The largest absolute Gasteiger partial charge is 0.336 e. The van der Waals surface area contributed by atoms with E-state index in [1.807, 2.05) is 17.0 Å². The normalized spacial score (nSPS) is 24.2. The minimum absolute atomic E-state index is 0.0144. The quantitative estimate of drug-likeness (QED) is 0.865. The third kappa shape index (κ3) is 3.34. The third-order valence-corrected chi connectivity index (χ3v) is 5.91. The van der Waals surface area contributed by atoms with Crippen LogP contribution in [0.5, 0.6) is 0 Å². The zero-order valence-electron chi connectivity index (χ0n) is 15.1. The number of piperidine rings is 1. The van der Waals surface area contributed by atoms with E-state index in [9.17, 15) is 18.8 Å². The van der Waals surface area contributed by atoms with E-state index in [0.717, 1.165) is 31.2 Å². The zero-order chi connectivity index (χ0) is 19.1. The molecule has 1 unspecified atom stereocenters. The summed E-state index contributed by atoms with van der Waals surface area (Å²) in [4.78, 5) is 42.3. The molecule has 0 spiro atoms. The Kier molecular flexibility index (Phi) is 4.45. The van der Waals surface area contributed by atoms with Gasteiger partial charge in [-0.1, -0.05) is 12.1 Å². The Morgan fingerprint density at radius 2 is 1.93 bits per heavy atom. The van der Waals surface area contributed by atoms with Gasteiger partial charge in [-0.15, -0.1) is 0 Å². The van der Waals surface area contributed by atoms with E-state index in [1.54, 1.807) is 6.92 Å². The lowest BCUT2D eigenvalue weighted by Gasteiger charge is -2.39. The van der Waals surface area contributed by atoms with Crippen LogP contribution in [0.4, 0.5) is 4.39 Å². The van der Waals surface area contributed by atoms with Crippen LogP contribution >= 0.6 is 0 Å². The highest BCUT2D eigenvalue weighted by Crippen LogP contribution is 2.43. The van der Waals surface area contributed by atoms with Crippen molar-refractivity contribution in [2.75, 3.05) is 0 Å². The average molecular weight is 371 g/mol. The fourth-order valence-electron chi connectivity index (χ4n) is 4.60. The van der Waals surface area contributed by atoms with Crippen LogP contribution in [0.2, 0.25) is 0 Å². The lowest BCUT2D eigenvalue weighted by Crippen LogP contribution is -2.47. The van der Waals surface area contributed by atoms with E-state index in [2.05, 4.69) is 9.97 Å². The highest BCUT2D eigenvalue weighted by atomic mass is 19.1. The van der Waals surface area contributed by atoms with Gasteiger partial charge in [-0.3, -0.25) is 14.6 Å². The molecule has 2 N–H and O–H groups in total. The molecule has 1 aromatic carbocycles. The summed E-state index contributed by atoms with van der Waals surface area (Å²) in [6.07, 6.45) is 4.92. The molecule has 3 atom stereocenters. The number of rotatable bonds is 3. The van der Waals surface area contributed by atoms with Gasteiger partial charge in [-0.05, 0) is 55.7 Å². The number of nitrogens with zero attached hydrogens (tertiary/aromatic N) is 1. The number of carbonyl (C=O) groups is 1. The monoisotopic (exact) mass is 371 g/mol. The first-order chi connectivity index (χ1) is 12.9. The number of aryl methyl sites for hydroxylation is 1. The second kappa shape index (κ2) is 6.79. The summed E-state index contributed by atoms with van der Waals surface area (Å²) in [7, 11) is 0. The van der Waals surface area contributed by atoms with Crippen LogP contribution in [0.3, 0.4) is 0 Å². The molecule has 7 heteroatoms. The number of aromatic amines is 2. The molecule has 0 aliphatic carbocycles. The van der Waals surface area contributed by atoms with Crippen molar-refractivity contribution in [1.29, 1.82) is 0 Å². The number of nitrogens with one attached hydrogen (secondary N) is 2. The van der Waals surface area contributed by atoms with Crippen LogP contribution in [0.25, 0.3) is 0 Å². The molecule has 1 aromatic heterocycles. The number of aromatic nitrogens is 2. The molecule has 2 fully saturated rings. The molecule has 0 radical (unpaired) electrons. The van der Waals surface area contributed by atoms with Gasteiger partial charge in [0.25, 0.3) is 5.56 Å². The molecule has 2 aliphatic heterocycles. The minimum atomic E-state index is -0.577. The van der Waals surface area contributed by atoms with E-state index in [0.29, 0.717) is 11.5 Å². The maximum absolute atomic E-state index is 13.6. The van der Waals surface area contributed by atoms with E-state index in [-0.39, 0.29) is 35.8 Å². The predicted molar refractivity (Wildman–Crippen MR) is 98.2 cm³/mol. The van der Waals surface area contributed by atoms with Crippen molar-refractivity contribution in [3.63, 3.8) is 0 Å². The van der Waals surface area contributed by atoms with Gasteiger partial charge in [0.2, 0.25) is 5.91 Å². The molecule has 2 saturated heterocycles. The Morgan fingerprint density at radius 1 is 1.22 bits per heavy atom. The molecule has 2 aliphatic rings. The van der Waals surface area contributed by atoms with Gasteiger partial charge in [0.05, 0.1) is 6.42 Å². The van der Waals surface area contributed by atoms with Crippen molar-refractivity contribution in [2.45, 2.75) is 57.0 Å². The van der Waals surface area contributed by atoms with Crippen LogP contribution in [0.15, 0.2) is 34.0 Å². The summed E-state index contributed by atoms with van der Waals surface area (Å²) < 4.78 is 13.6. The lowest BCUT2D eigenvalue weighted by atomic mass is 9.84. The van der Waals surface area contributed by atoms with Crippen molar-refractivity contribution in [3.05, 3.63) is 67.7 Å². The van der Waals surface area contributed by atoms with Crippen molar-refractivity contribution in [1.82, 2.24) is 14.9 Å². The van der Waals surface area contributed by atoms with Gasteiger partial charge in [-0.25, -0.2) is 9.18 Å². The topological polar surface area (TPSA) is 86.0 Å². The summed E-state index contributed by atoms with van der Waals surface area (Å²) in [5, 5.41) is 0. The van der Waals surface area contributed by atoms with Gasteiger partial charge in [0.15, 0.2) is 0 Å². The molecule has 27 heavy (non-hydrogen) atoms. The second-order valence-electron chi connectivity index (χ2n) is 7.64. The summed E-state index contributed by atoms with van der Waals surface area (Å²) in [6, 6.07) is 5.58. The van der Waals surface area contributed by atoms with Crippen LogP contribution < -0.4 is 11.2 Å². The van der Waals surface area contributed by atoms with Crippen molar-refractivity contribution >= 4 is 5.91 Å². The smallest absolute Gasteiger partial charge is 0.325 e. The van der Waals surface area contributed by atoms with Gasteiger partial charge in [0, 0.05) is 23.8 Å². The van der Waals surface area contributed by atoms with Crippen LogP contribution in [0.1, 0.15) is 48.3 Å². The number of halogens is 1. The molecular weight excluding hydrogens is 349 g/mol. The fourth-order valence-corrected chi connectivity index (χ4v) is 4.60. The van der Waals surface area contributed by atoms with E-state index in [4.69, 9.17) is 0 Å². The van der Waals surface area contributed by atoms with Crippen molar-refractivity contribution < 1.29 is 9.18 Å². The first kappa shape index (κ1) is 17.7. The first-order valence-corrected chi connectivity index (χ1v) is 9.30. The summed E-state index contributed by atoms with van der Waals surface area (Å²) in [6.45, 7) is 1.77. The number of carbonyl (C=O) groups excluding carboxylic acids is 1. The molecular formula is C20H22FN3O3. The second-order valence-corrected chi connectivity index (χ2v) is 7.64. The molecule has 142 valence electrons. The zero-order valence-corrected chi connectivity index (χ0v) is 15.1. The molecule has 4 rings (SSSR count). The van der Waals surface area contributed by atoms with Gasteiger partial charge >= 0.3 is 5.69 Å². The lowest BCUT2D eigenvalue weighted by molar-refractivity contribution is -0.135. The average Bonchev–Trinajstić information content (AvgIpc) is 2.90. The molecule has 6 nitrogen and oxygen atoms in total. The Hall–Kier alpha value is -2.70. The first-order valence-electron chi connectivity index (χ1n) is 9.30. The van der Waals surface area contributed by atoms with E-state index in [1.165, 1.54) is 12.3 Å². The fraction of sp³-hybridized carbons (Fsp3) is 0.450. The number of hydrogen-bond donors (Lipinski definition) is 2. The summed E-state index contributed by atoms with van der Waals surface area (Å²) in [5.74, 6) is 0.0524. The molecule has 2 bridgehead atoms. The van der Waals surface area contributed by atoms with Gasteiger partial charge in [-0.2, -0.15) is 0 Å². The molecule has 0 saturated carbocycles. The Balaban J connectivity index is 1.50. The third-order valence-electron chi connectivity index (χ3n) is 5.91. The molecule has 1 amide bonds. The minimum Gasteiger partial charge on any atom is -0.336 e. The Labute approximate surface area is 155 Å². The molecule has 3 heterocycles.